The molecule has 1 rings (SSSR count). The molecule has 1 fully saturated rings. The molecule has 10 heteroatoms. The van der Waals surface area contributed by atoms with Crippen molar-refractivity contribution in [1.82, 2.24) is 0 Å². The minimum atomic E-state index is -4.32. The molecule has 0 spiro atoms. The lowest BCUT2D eigenvalue weighted by Crippen LogP contribution is -2.37. The van der Waals surface area contributed by atoms with E-state index in [1.54, 1.807) is 6.26 Å². The van der Waals surface area contributed by atoms with Crippen molar-refractivity contribution in [2.24, 2.45) is 0 Å². The van der Waals surface area contributed by atoms with Crippen molar-refractivity contribution in [2.75, 3.05) is 47.5 Å². The van der Waals surface area contributed by atoms with Crippen LogP contribution in [0.4, 0.5) is 0 Å². The van der Waals surface area contributed by atoms with Gasteiger partial charge in [-0.1, -0.05) is 158 Å². The fraction of sp³-hybridized carbons (Fsp3) is 0.729. The highest BCUT2D eigenvalue weighted by Crippen LogP contribution is 2.43. The summed E-state index contributed by atoms with van der Waals surface area (Å²) < 4.78 is 40.4. The van der Waals surface area contributed by atoms with Gasteiger partial charge in [0.05, 0.1) is 46.2 Å². The molecule has 0 radical (unpaired) electrons. The molecular formula is C48H85NO8P+. The molecule has 1 heterocycles. The number of carbonyl (C=O) groups excluding carboxylic acids is 1. The second kappa shape index (κ2) is 36.6. The number of epoxide rings is 1. The summed E-state index contributed by atoms with van der Waals surface area (Å²) in [5.41, 5.74) is 0. The van der Waals surface area contributed by atoms with Gasteiger partial charge in [0.2, 0.25) is 0 Å². The Morgan fingerprint density at radius 2 is 1.17 bits per heavy atom. The van der Waals surface area contributed by atoms with E-state index in [0.29, 0.717) is 29.7 Å². The standard InChI is InChI=1S/C48H84NO8P/c1-6-8-10-11-12-13-14-15-16-17-20-23-26-29-32-36-41-53-43-45(44-55-58(51,52)54-42-40-49(3,4)5)56-48(50)39-35-31-28-25-22-19-18-21-24-27-30-34-38-47-46(57-47)37-33-9-7-2/h9,19,21-22,24,28,30-31,33-34,36,41,45-47H,6-8,10-18,20,23,25-27,29,32,35,37-40,42-44H2,1-5H3/p+1/b22-19-,24-21-,31-28-,33-9-,34-30-,41-36+/t45-,46?,47?/m1/s1. The van der Waals surface area contributed by atoms with E-state index in [2.05, 4.69) is 62.5 Å². The monoisotopic (exact) mass is 835 g/mol. The van der Waals surface area contributed by atoms with Crippen molar-refractivity contribution >= 4 is 13.8 Å². The average molecular weight is 835 g/mol. The van der Waals surface area contributed by atoms with Crippen molar-refractivity contribution in [3.05, 3.63) is 73.1 Å². The maximum atomic E-state index is 12.7. The van der Waals surface area contributed by atoms with Gasteiger partial charge in [0, 0.05) is 6.42 Å². The average Bonchev–Trinajstić information content (AvgIpc) is 3.93. The Balaban J connectivity index is 2.29. The summed E-state index contributed by atoms with van der Waals surface area (Å²) >= 11 is 0. The second-order valence-electron chi connectivity index (χ2n) is 16.5. The topological polar surface area (TPSA) is 104 Å². The molecule has 4 atom stereocenters. The molecule has 0 aromatic rings. The molecule has 0 aromatic carbocycles. The summed E-state index contributed by atoms with van der Waals surface area (Å²) in [5.74, 6) is -0.421. The molecule has 1 aliphatic rings. The zero-order chi connectivity index (χ0) is 42.4. The molecule has 334 valence electrons. The molecule has 9 nitrogen and oxygen atoms in total. The summed E-state index contributed by atoms with van der Waals surface area (Å²) in [6.45, 7) is 4.71. The van der Waals surface area contributed by atoms with Crippen LogP contribution >= 0.6 is 7.82 Å². The van der Waals surface area contributed by atoms with Crippen LogP contribution in [0.3, 0.4) is 0 Å². The third-order valence-electron chi connectivity index (χ3n) is 9.76. The Labute approximate surface area is 355 Å². The molecule has 0 aliphatic carbocycles. The molecule has 0 saturated carbocycles. The number of allylic oxidation sites excluding steroid dienone is 9. The van der Waals surface area contributed by atoms with Gasteiger partial charge in [0.1, 0.15) is 19.8 Å². The van der Waals surface area contributed by atoms with Crippen molar-refractivity contribution in [1.29, 1.82) is 0 Å². The molecule has 1 aliphatic heterocycles. The highest BCUT2D eigenvalue weighted by molar-refractivity contribution is 7.47. The van der Waals surface area contributed by atoms with Crippen LogP contribution in [0.1, 0.15) is 162 Å². The molecular weight excluding hydrogens is 750 g/mol. The third kappa shape index (κ3) is 36.8. The van der Waals surface area contributed by atoms with E-state index in [1.807, 2.05) is 39.4 Å². The number of hydrogen-bond donors (Lipinski definition) is 1. The fourth-order valence-corrected chi connectivity index (χ4v) is 6.86. The van der Waals surface area contributed by atoms with E-state index >= 15 is 0 Å². The number of ether oxygens (including phenoxy) is 3. The Morgan fingerprint density at radius 3 is 1.72 bits per heavy atom. The summed E-state index contributed by atoms with van der Waals surface area (Å²) in [6.07, 6.45) is 50.9. The number of rotatable bonds is 40. The predicted molar refractivity (Wildman–Crippen MR) is 242 cm³/mol. The number of carbonyl (C=O) groups is 1. The van der Waals surface area contributed by atoms with Crippen LogP contribution in [-0.2, 0) is 32.6 Å². The number of likely N-dealkylation sites (N-methyl/N-ethyl adjacent to an activating group) is 1. The highest BCUT2D eigenvalue weighted by Gasteiger charge is 2.36. The maximum absolute atomic E-state index is 12.7. The van der Waals surface area contributed by atoms with Gasteiger partial charge in [0.15, 0.2) is 6.10 Å². The maximum Gasteiger partial charge on any atom is 0.472 e. The first-order valence-corrected chi connectivity index (χ1v) is 24.3. The van der Waals surface area contributed by atoms with Crippen LogP contribution in [0.5, 0.6) is 0 Å². The highest BCUT2D eigenvalue weighted by atomic mass is 31.2. The fourth-order valence-electron chi connectivity index (χ4n) is 6.11. The minimum Gasteiger partial charge on any atom is -0.498 e. The Morgan fingerprint density at radius 1 is 0.655 bits per heavy atom. The lowest BCUT2D eigenvalue weighted by Gasteiger charge is -2.24. The van der Waals surface area contributed by atoms with Crippen LogP contribution in [0, 0.1) is 0 Å². The molecule has 0 amide bonds. The molecule has 1 saturated heterocycles. The second-order valence-corrected chi connectivity index (χ2v) is 18.0. The Kier molecular flexibility index (Phi) is 33.9. The number of esters is 1. The number of phosphoric ester groups is 1. The van der Waals surface area contributed by atoms with E-state index in [9.17, 15) is 14.3 Å². The quantitative estimate of drug-likeness (QED) is 0.0124. The molecule has 58 heavy (non-hydrogen) atoms. The van der Waals surface area contributed by atoms with E-state index in [0.717, 1.165) is 51.4 Å². The van der Waals surface area contributed by atoms with Crippen molar-refractivity contribution in [2.45, 2.75) is 180 Å². The minimum absolute atomic E-state index is 0.0122. The van der Waals surface area contributed by atoms with Gasteiger partial charge in [-0.25, -0.2) is 4.57 Å². The normalized spacial score (nSPS) is 17.8. The number of nitrogens with zero attached hydrogens (tertiary/aromatic N) is 1. The van der Waals surface area contributed by atoms with Gasteiger partial charge >= 0.3 is 13.8 Å². The summed E-state index contributed by atoms with van der Waals surface area (Å²) in [7, 11) is 1.58. The third-order valence-corrected chi connectivity index (χ3v) is 10.7. The van der Waals surface area contributed by atoms with Gasteiger partial charge in [-0.2, -0.15) is 0 Å². The SMILES string of the molecule is CC/C=C\CC1OC1C/C=C\C/C=C\C/C=C\C/C=C\CCC(=O)O[C@H](CO/C=C/CCCCCCCCCCCCCCCC)COP(=O)(O)OCC[N+](C)(C)C. The van der Waals surface area contributed by atoms with E-state index in [1.165, 1.54) is 83.5 Å². The largest absolute Gasteiger partial charge is 0.498 e. The molecule has 1 N–H and O–H groups in total. The van der Waals surface area contributed by atoms with Gasteiger partial charge in [-0.15, -0.1) is 0 Å². The van der Waals surface area contributed by atoms with Gasteiger partial charge in [-0.05, 0) is 63.9 Å². The Bertz CT molecular complexity index is 1220. The van der Waals surface area contributed by atoms with Crippen LogP contribution in [0.25, 0.3) is 0 Å². The Hall–Kier alpha value is -2.26. The smallest absolute Gasteiger partial charge is 0.472 e. The van der Waals surface area contributed by atoms with E-state index in [-0.39, 0.29) is 26.2 Å². The number of unbranched alkanes of at least 4 members (excludes halogenated alkanes) is 14. The first kappa shape index (κ1) is 53.8. The van der Waals surface area contributed by atoms with E-state index < -0.39 is 19.9 Å². The molecule has 0 bridgehead atoms. The van der Waals surface area contributed by atoms with Gasteiger partial charge in [-0.3, -0.25) is 13.8 Å². The van der Waals surface area contributed by atoms with Crippen molar-refractivity contribution in [3.8, 4) is 0 Å². The zero-order valence-corrected chi connectivity index (χ0v) is 38.3. The van der Waals surface area contributed by atoms with Crippen LogP contribution in [0.2, 0.25) is 0 Å². The zero-order valence-electron chi connectivity index (χ0n) is 37.5. The van der Waals surface area contributed by atoms with Gasteiger partial charge in [0.25, 0.3) is 0 Å². The van der Waals surface area contributed by atoms with E-state index in [4.69, 9.17) is 23.3 Å². The number of hydrogen-bond acceptors (Lipinski definition) is 7. The predicted octanol–water partition coefficient (Wildman–Crippen LogP) is 12.8. The number of quaternary nitrogens is 1. The van der Waals surface area contributed by atoms with Crippen LogP contribution < -0.4 is 0 Å². The molecule has 3 unspecified atom stereocenters. The number of phosphoric acid groups is 1. The summed E-state index contributed by atoms with van der Waals surface area (Å²) in [5, 5.41) is 0. The van der Waals surface area contributed by atoms with Crippen LogP contribution in [-0.4, -0.2) is 81.2 Å². The lowest BCUT2D eigenvalue weighted by atomic mass is 10.0. The lowest BCUT2D eigenvalue weighted by molar-refractivity contribution is -0.870. The summed E-state index contributed by atoms with van der Waals surface area (Å²) in [6, 6.07) is 0. The van der Waals surface area contributed by atoms with Crippen LogP contribution in [0.15, 0.2) is 73.1 Å². The first-order chi connectivity index (χ1) is 28.1. The van der Waals surface area contributed by atoms with Crippen molar-refractivity contribution in [3.63, 3.8) is 0 Å². The summed E-state index contributed by atoms with van der Waals surface area (Å²) in [4.78, 5) is 22.9. The van der Waals surface area contributed by atoms with Gasteiger partial charge < -0.3 is 23.6 Å². The molecule has 0 aromatic heterocycles. The first-order valence-electron chi connectivity index (χ1n) is 22.8. The van der Waals surface area contributed by atoms with Crippen molar-refractivity contribution < 1.29 is 42.0 Å².